The van der Waals surface area contributed by atoms with E-state index in [1.807, 2.05) is 0 Å². The number of pyridine rings is 1. The summed E-state index contributed by atoms with van der Waals surface area (Å²) in [5.41, 5.74) is 1.70. The summed E-state index contributed by atoms with van der Waals surface area (Å²) in [6, 6.07) is 8.40. The zero-order chi connectivity index (χ0) is 17.5. The van der Waals surface area contributed by atoms with Crippen molar-refractivity contribution in [2.24, 2.45) is 0 Å². The third kappa shape index (κ3) is 5.08. The van der Waals surface area contributed by atoms with Crippen molar-refractivity contribution in [3.05, 3.63) is 63.9 Å². The molecule has 1 N–H and O–H groups in total. The van der Waals surface area contributed by atoms with Crippen molar-refractivity contribution in [2.45, 2.75) is 6.92 Å². The molecule has 0 saturated carbocycles. The third-order valence-corrected chi connectivity index (χ3v) is 3.61. The normalized spacial score (nSPS) is 10.6. The van der Waals surface area contributed by atoms with Crippen LogP contribution in [0.5, 0.6) is 0 Å². The number of hydrogen-bond donors (Lipinski definition) is 1. The second kappa shape index (κ2) is 8.47. The van der Waals surface area contributed by atoms with Crippen molar-refractivity contribution in [3.8, 4) is 0 Å². The lowest BCUT2D eigenvalue weighted by atomic mass is 10.2. The molecule has 0 bridgehead atoms. The van der Waals surface area contributed by atoms with E-state index >= 15 is 0 Å². The number of nitrogens with zero attached hydrogens (tertiary/aromatic N) is 1. The average molecular weight is 365 g/mol. The molecule has 0 atom stereocenters. The number of anilines is 1. The van der Waals surface area contributed by atoms with Crippen molar-refractivity contribution >= 4 is 46.8 Å². The standard InChI is InChI=1S/C17H14Cl2N2O3/c1-2-24-15(22)8-5-11-3-6-13(7-4-11)21-17(23)12-9-14(18)16(19)20-10-12/h3-10H,2H2,1H3,(H,21,23)/b8-5+. The molecular formula is C17H14Cl2N2O3. The number of carbonyl (C=O) groups is 2. The molecule has 1 aromatic heterocycles. The number of aromatic nitrogens is 1. The van der Waals surface area contributed by atoms with Gasteiger partial charge in [0.2, 0.25) is 0 Å². The van der Waals surface area contributed by atoms with E-state index in [1.165, 1.54) is 18.3 Å². The number of carbonyl (C=O) groups excluding carboxylic acids is 2. The fraction of sp³-hybridized carbons (Fsp3) is 0.118. The predicted octanol–water partition coefficient (Wildman–Crippen LogP) is 4.22. The van der Waals surface area contributed by atoms with Gasteiger partial charge in [0.1, 0.15) is 5.15 Å². The largest absolute Gasteiger partial charge is 0.463 e. The zero-order valence-corrected chi connectivity index (χ0v) is 14.3. The van der Waals surface area contributed by atoms with Crippen LogP contribution < -0.4 is 5.32 Å². The van der Waals surface area contributed by atoms with E-state index in [0.29, 0.717) is 17.9 Å². The topological polar surface area (TPSA) is 68.3 Å². The molecule has 2 rings (SSSR count). The van der Waals surface area contributed by atoms with E-state index < -0.39 is 5.97 Å². The van der Waals surface area contributed by atoms with Gasteiger partial charge in [0, 0.05) is 18.0 Å². The molecule has 0 unspecified atom stereocenters. The summed E-state index contributed by atoms with van der Waals surface area (Å²) in [4.78, 5) is 27.2. The summed E-state index contributed by atoms with van der Waals surface area (Å²) >= 11 is 11.6. The Bertz CT molecular complexity index is 774. The number of halogens is 2. The number of esters is 1. The van der Waals surface area contributed by atoms with Crippen molar-refractivity contribution < 1.29 is 14.3 Å². The minimum absolute atomic E-state index is 0.144. The van der Waals surface area contributed by atoms with Crippen LogP contribution in [-0.4, -0.2) is 23.5 Å². The first kappa shape index (κ1) is 18.0. The molecule has 1 aromatic carbocycles. The highest BCUT2D eigenvalue weighted by atomic mass is 35.5. The lowest BCUT2D eigenvalue weighted by molar-refractivity contribution is -0.137. The number of rotatable bonds is 5. The van der Waals surface area contributed by atoms with Crippen LogP contribution in [0.15, 0.2) is 42.6 Å². The van der Waals surface area contributed by atoms with Gasteiger partial charge in [-0.1, -0.05) is 35.3 Å². The first-order valence-corrected chi connectivity index (χ1v) is 7.82. The van der Waals surface area contributed by atoms with Crippen molar-refractivity contribution in [1.82, 2.24) is 4.98 Å². The Morgan fingerprint density at radius 3 is 2.58 bits per heavy atom. The Morgan fingerprint density at radius 1 is 1.25 bits per heavy atom. The predicted molar refractivity (Wildman–Crippen MR) is 94.3 cm³/mol. The van der Waals surface area contributed by atoms with Crippen molar-refractivity contribution in [1.29, 1.82) is 0 Å². The van der Waals surface area contributed by atoms with E-state index in [9.17, 15) is 9.59 Å². The summed E-state index contributed by atoms with van der Waals surface area (Å²) in [6.07, 6.45) is 4.32. The molecule has 24 heavy (non-hydrogen) atoms. The van der Waals surface area contributed by atoms with E-state index in [0.717, 1.165) is 5.56 Å². The van der Waals surface area contributed by atoms with Gasteiger partial charge in [-0.2, -0.15) is 0 Å². The quantitative estimate of drug-likeness (QED) is 0.490. The molecule has 0 saturated heterocycles. The SMILES string of the molecule is CCOC(=O)/C=C/c1ccc(NC(=O)c2cnc(Cl)c(Cl)c2)cc1. The maximum atomic E-state index is 12.1. The molecular weight excluding hydrogens is 351 g/mol. The van der Waals surface area contributed by atoms with Crippen LogP contribution >= 0.6 is 23.2 Å². The molecule has 7 heteroatoms. The van der Waals surface area contributed by atoms with Gasteiger partial charge in [-0.15, -0.1) is 0 Å². The summed E-state index contributed by atoms with van der Waals surface area (Å²) < 4.78 is 4.80. The molecule has 124 valence electrons. The second-order valence-corrected chi connectivity index (χ2v) is 5.42. The smallest absolute Gasteiger partial charge is 0.330 e. The number of benzene rings is 1. The molecule has 0 radical (unpaired) electrons. The van der Waals surface area contributed by atoms with Crippen LogP contribution in [0.1, 0.15) is 22.8 Å². The van der Waals surface area contributed by atoms with Gasteiger partial charge in [0.05, 0.1) is 17.2 Å². The van der Waals surface area contributed by atoms with Gasteiger partial charge in [0.15, 0.2) is 0 Å². The first-order chi connectivity index (χ1) is 11.5. The van der Waals surface area contributed by atoms with Gasteiger partial charge in [-0.3, -0.25) is 4.79 Å². The number of nitrogens with one attached hydrogen (secondary N) is 1. The molecule has 0 spiro atoms. The lowest BCUT2D eigenvalue weighted by Crippen LogP contribution is -2.12. The fourth-order valence-electron chi connectivity index (χ4n) is 1.78. The molecule has 0 aliphatic heterocycles. The highest BCUT2D eigenvalue weighted by molar-refractivity contribution is 6.41. The first-order valence-electron chi connectivity index (χ1n) is 7.07. The minimum Gasteiger partial charge on any atom is -0.463 e. The third-order valence-electron chi connectivity index (χ3n) is 2.93. The summed E-state index contributed by atoms with van der Waals surface area (Å²) in [5.74, 6) is -0.752. The summed E-state index contributed by atoms with van der Waals surface area (Å²) in [7, 11) is 0. The fourth-order valence-corrected chi connectivity index (χ4v) is 2.05. The van der Waals surface area contributed by atoms with Crippen LogP contribution in [-0.2, 0) is 9.53 Å². The lowest BCUT2D eigenvalue weighted by Gasteiger charge is -2.06. The van der Waals surface area contributed by atoms with E-state index in [-0.39, 0.29) is 16.1 Å². The van der Waals surface area contributed by atoms with E-state index in [4.69, 9.17) is 27.9 Å². The zero-order valence-electron chi connectivity index (χ0n) is 12.8. The Labute approximate surface area is 149 Å². The molecule has 0 aliphatic carbocycles. The molecule has 0 aliphatic rings. The average Bonchev–Trinajstić information content (AvgIpc) is 2.57. The maximum absolute atomic E-state index is 12.1. The van der Waals surface area contributed by atoms with Crippen molar-refractivity contribution in [2.75, 3.05) is 11.9 Å². The maximum Gasteiger partial charge on any atom is 0.330 e. The van der Waals surface area contributed by atoms with Crippen molar-refractivity contribution in [3.63, 3.8) is 0 Å². The highest BCUT2D eigenvalue weighted by Gasteiger charge is 2.09. The van der Waals surface area contributed by atoms with Gasteiger partial charge in [0.25, 0.3) is 5.91 Å². The van der Waals surface area contributed by atoms with Crippen LogP contribution in [0.2, 0.25) is 10.2 Å². The van der Waals surface area contributed by atoms with Crippen LogP contribution in [0.4, 0.5) is 5.69 Å². The number of amides is 1. The van der Waals surface area contributed by atoms with Gasteiger partial charge < -0.3 is 10.1 Å². The van der Waals surface area contributed by atoms with E-state index in [2.05, 4.69) is 10.3 Å². The Balaban J connectivity index is 2.01. The Morgan fingerprint density at radius 2 is 1.96 bits per heavy atom. The summed E-state index contributed by atoms with van der Waals surface area (Å²) in [6.45, 7) is 2.07. The molecule has 5 nitrogen and oxygen atoms in total. The van der Waals surface area contributed by atoms with Gasteiger partial charge >= 0.3 is 5.97 Å². The molecule has 1 heterocycles. The van der Waals surface area contributed by atoms with Gasteiger partial charge in [-0.05, 0) is 36.8 Å². The monoisotopic (exact) mass is 364 g/mol. The van der Waals surface area contributed by atoms with E-state index in [1.54, 1.807) is 37.3 Å². The summed E-state index contributed by atoms with van der Waals surface area (Å²) in [5, 5.41) is 3.08. The van der Waals surface area contributed by atoms with Crippen LogP contribution in [0, 0.1) is 0 Å². The number of ether oxygens (including phenoxy) is 1. The molecule has 1 amide bonds. The van der Waals surface area contributed by atoms with Crippen LogP contribution in [0.3, 0.4) is 0 Å². The highest BCUT2D eigenvalue weighted by Crippen LogP contribution is 2.20. The van der Waals surface area contributed by atoms with Gasteiger partial charge in [-0.25, -0.2) is 9.78 Å². The molecule has 0 fully saturated rings. The minimum atomic E-state index is -0.401. The molecule has 2 aromatic rings. The second-order valence-electron chi connectivity index (χ2n) is 4.66. The Kier molecular flexibility index (Phi) is 6.35. The Hall–Kier alpha value is -2.37. The number of hydrogen-bond acceptors (Lipinski definition) is 4. The van der Waals surface area contributed by atoms with Crippen LogP contribution in [0.25, 0.3) is 6.08 Å².